The molecule has 8 nitrogen and oxygen atoms in total. The van der Waals surface area contributed by atoms with E-state index in [1.54, 1.807) is 30.9 Å². The minimum atomic E-state index is -0.0156. The molecule has 4 heterocycles. The van der Waals surface area contributed by atoms with E-state index in [0.29, 0.717) is 31.1 Å². The van der Waals surface area contributed by atoms with Crippen LogP contribution in [0.4, 0.5) is 5.95 Å². The standard InChI is InChI=1S/C19H21N7O/c1-14-3-4-16(10-22-14)18(27)25-11-15(9-23-19-20-6-2-7-21-19)12-26-17(13-25)5-8-24-26/h2-8,10,15H,9,11-13H2,1H3,(H,20,21,23)/t15-/m0/s1. The molecule has 3 aromatic rings. The second-order valence-electron chi connectivity index (χ2n) is 6.70. The van der Waals surface area contributed by atoms with Crippen molar-refractivity contribution in [3.63, 3.8) is 0 Å². The zero-order valence-electron chi connectivity index (χ0n) is 15.1. The lowest BCUT2D eigenvalue weighted by atomic mass is 10.1. The van der Waals surface area contributed by atoms with E-state index < -0.39 is 0 Å². The quantitative estimate of drug-likeness (QED) is 0.760. The Hall–Kier alpha value is -3.29. The van der Waals surface area contributed by atoms with Crippen molar-refractivity contribution >= 4 is 11.9 Å². The van der Waals surface area contributed by atoms with Crippen LogP contribution in [0.5, 0.6) is 0 Å². The first-order chi connectivity index (χ1) is 13.2. The molecule has 8 heteroatoms. The molecule has 0 spiro atoms. The van der Waals surface area contributed by atoms with Gasteiger partial charge in [0.05, 0.1) is 17.8 Å². The monoisotopic (exact) mass is 363 g/mol. The smallest absolute Gasteiger partial charge is 0.255 e. The topological polar surface area (TPSA) is 88.8 Å². The number of aryl methyl sites for hydroxylation is 1. The Kier molecular flexibility index (Phi) is 4.78. The third-order valence-corrected chi connectivity index (χ3v) is 4.63. The molecule has 4 rings (SSSR count). The van der Waals surface area contributed by atoms with Gasteiger partial charge in [0.2, 0.25) is 5.95 Å². The molecule has 0 bridgehead atoms. The van der Waals surface area contributed by atoms with Gasteiger partial charge in [0.25, 0.3) is 5.91 Å². The Balaban J connectivity index is 1.53. The molecule has 0 unspecified atom stereocenters. The second kappa shape index (κ2) is 7.53. The van der Waals surface area contributed by atoms with Crippen LogP contribution in [0.1, 0.15) is 21.7 Å². The summed E-state index contributed by atoms with van der Waals surface area (Å²) >= 11 is 0. The third kappa shape index (κ3) is 3.94. The molecule has 1 atom stereocenters. The number of carbonyl (C=O) groups excluding carboxylic acids is 1. The average Bonchev–Trinajstić information content (AvgIpc) is 3.05. The summed E-state index contributed by atoms with van der Waals surface area (Å²) < 4.78 is 1.97. The fraction of sp³-hybridized carbons (Fsp3) is 0.316. The fourth-order valence-corrected chi connectivity index (χ4v) is 3.22. The summed E-state index contributed by atoms with van der Waals surface area (Å²) in [6.07, 6.45) is 6.83. The molecule has 1 aliphatic heterocycles. The van der Waals surface area contributed by atoms with Gasteiger partial charge in [-0.25, -0.2) is 9.97 Å². The predicted molar refractivity (Wildman–Crippen MR) is 100.0 cm³/mol. The van der Waals surface area contributed by atoms with E-state index in [1.165, 1.54) is 0 Å². The first kappa shape index (κ1) is 17.1. The lowest BCUT2D eigenvalue weighted by Gasteiger charge is -2.24. The number of amides is 1. The van der Waals surface area contributed by atoms with Crippen molar-refractivity contribution in [3.8, 4) is 0 Å². The van der Waals surface area contributed by atoms with Crippen LogP contribution in [0, 0.1) is 12.8 Å². The summed E-state index contributed by atoms with van der Waals surface area (Å²) in [5.41, 5.74) is 2.53. The Bertz CT molecular complexity index is 907. The first-order valence-corrected chi connectivity index (χ1v) is 8.92. The summed E-state index contributed by atoms with van der Waals surface area (Å²) in [5, 5.41) is 7.67. The van der Waals surface area contributed by atoms with Gasteiger partial charge in [-0.15, -0.1) is 0 Å². The number of nitrogens with one attached hydrogen (secondary N) is 1. The normalized spacial score (nSPS) is 16.5. The number of hydrogen-bond donors (Lipinski definition) is 1. The van der Waals surface area contributed by atoms with E-state index in [2.05, 4.69) is 25.4 Å². The molecule has 0 aromatic carbocycles. The van der Waals surface area contributed by atoms with Crippen LogP contribution in [-0.2, 0) is 13.1 Å². The Morgan fingerprint density at radius 2 is 2.00 bits per heavy atom. The van der Waals surface area contributed by atoms with E-state index in [4.69, 9.17) is 0 Å². The number of fused-ring (bicyclic) bond motifs is 1. The van der Waals surface area contributed by atoms with Crippen LogP contribution < -0.4 is 5.32 Å². The molecule has 0 fully saturated rings. The summed E-state index contributed by atoms with van der Waals surface area (Å²) in [5.74, 6) is 0.749. The maximum atomic E-state index is 13.0. The van der Waals surface area contributed by atoms with Crippen LogP contribution in [-0.4, -0.2) is 48.6 Å². The van der Waals surface area contributed by atoms with Gasteiger partial charge < -0.3 is 10.2 Å². The summed E-state index contributed by atoms with van der Waals surface area (Å²) in [7, 11) is 0. The molecule has 1 aliphatic rings. The Morgan fingerprint density at radius 1 is 1.15 bits per heavy atom. The molecule has 0 aliphatic carbocycles. The number of hydrogen-bond acceptors (Lipinski definition) is 6. The molecule has 0 radical (unpaired) electrons. The summed E-state index contributed by atoms with van der Waals surface area (Å²) in [4.78, 5) is 27.5. The first-order valence-electron chi connectivity index (χ1n) is 8.92. The van der Waals surface area contributed by atoms with Crippen LogP contribution in [0.2, 0.25) is 0 Å². The summed E-state index contributed by atoms with van der Waals surface area (Å²) in [6.45, 7) is 4.45. The Labute approximate surface area is 157 Å². The van der Waals surface area contributed by atoms with E-state index in [1.807, 2.05) is 34.7 Å². The molecule has 1 amide bonds. The van der Waals surface area contributed by atoms with E-state index in [0.717, 1.165) is 17.9 Å². The Morgan fingerprint density at radius 3 is 2.78 bits per heavy atom. The number of rotatable bonds is 4. The highest BCUT2D eigenvalue weighted by molar-refractivity contribution is 5.93. The van der Waals surface area contributed by atoms with Gasteiger partial charge in [-0.05, 0) is 31.2 Å². The minimum Gasteiger partial charge on any atom is -0.354 e. The lowest BCUT2D eigenvalue weighted by Crippen LogP contribution is -2.36. The maximum absolute atomic E-state index is 13.0. The van der Waals surface area contributed by atoms with Gasteiger partial charge in [-0.1, -0.05) is 0 Å². The zero-order valence-corrected chi connectivity index (χ0v) is 15.1. The van der Waals surface area contributed by atoms with Crippen LogP contribution in [0.3, 0.4) is 0 Å². The largest absolute Gasteiger partial charge is 0.354 e. The molecular formula is C19H21N7O. The molecule has 27 heavy (non-hydrogen) atoms. The van der Waals surface area contributed by atoms with Gasteiger partial charge in [0.1, 0.15) is 0 Å². The van der Waals surface area contributed by atoms with Crippen LogP contribution in [0.15, 0.2) is 49.1 Å². The molecule has 0 saturated heterocycles. The minimum absolute atomic E-state index is 0.0156. The molecule has 0 saturated carbocycles. The molecule has 138 valence electrons. The molecule has 3 aromatic heterocycles. The van der Waals surface area contributed by atoms with Crippen molar-refractivity contribution in [3.05, 3.63) is 66.0 Å². The summed E-state index contributed by atoms with van der Waals surface area (Å²) in [6, 6.07) is 7.44. The van der Waals surface area contributed by atoms with Gasteiger partial charge >= 0.3 is 0 Å². The number of nitrogens with zero attached hydrogens (tertiary/aromatic N) is 6. The second-order valence-corrected chi connectivity index (χ2v) is 6.70. The molecular weight excluding hydrogens is 342 g/mol. The zero-order chi connectivity index (χ0) is 18.6. The van der Waals surface area contributed by atoms with Crippen LogP contribution >= 0.6 is 0 Å². The number of carbonyl (C=O) groups is 1. The maximum Gasteiger partial charge on any atom is 0.255 e. The van der Waals surface area contributed by atoms with Crippen molar-refractivity contribution in [2.24, 2.45) is 5.92 Å². The highest BCUT2D eigenvalue weighted by atomic mass is 16.2. The van der Waals surface area contributed by atoms with Gasteiger partial charge in [-0.2, -0.15) is 5.10 Å². The van der Waals surface area contributed by atoms with Gasteiger partial charge in [0, 0.05) is 56.0 Å². The lowest BCUT2D eigenvalue weighted by molar-refractivity contribution is 0.0723. The number of aromatic nitrogens is 5. The average molecular weight is 363 g/mol. The highest BCUT2D eigenvalue weighted by Gasteiger charge is 2.26. The number of pyridine rings is 1. The van der Waals surface area contributed by atoms with E-state index in [-0.39, 0.29) is 11.8 Å². The van der Waals surface area contributed by atoms with Crippen molar-refractivity contribution < 1.29 is 4.79 Å². The number of anilines is 1. The van der Waals surface area contributed by atoms with Crippen molar-refractivity contribution in [1.82, 2.24) is 29.6 Å². The van der Waals surface area contributed by atoms with Crippen molar-refractivity contribution in [2.75, 3.05) is 18.4 Å². The van der Waals surface area contributed by atoms with E-state index >= 15 is 0 Å². The molecule has 1 N–H and O–H groups in total. The van der Waals surface area contributed by atoms with Crippen molar-refractivity contribution in [1.29, 1.82) is 0 Å². The SMILES string of the molecule is Cc1ccc(C(=O)N2Cc3ccnn3C[C@@H](CNc3ncccn3)C2)cn1. The predicted octanol–water partition coefficient (Wildman–Crippen LogP) is 1.76. The van der Waals surface area contributed by atoms with Crippen molar-refractivity contribution in [2.45, 2.75) is 20.0 Å². The van der Waals surface area contributed by atoms with E-state index in [9.17, 15) is 4.79 Å². The van der Waals surface area contributed by atoms with Crippen LogP contribution in [0.25, 0.3) is 0 Å². The van der Waals surface area contributed by atoms with Gasteiger partial charge in [0.15, 0.2) is 0 Å². The van der Waals surface area contributed by atoms with Gasteiger partial charge in [-0.3, -0.25) is 14.5 Å². The third-order valence-electron chi connectivity index (χ3n) is 4.63. The fourth-order valence-electron chi connectivity index (χ4n) is 3.22. The highest BCUT2D eigenvalue weighted by Crippen LogP contribution is 2.18.